The van der Waals surface area contributed by atoms with Gasteiger partial charge in [0, 0.05) is 22.0 Å². The van der Waals surface area contributed by atoms with E-state index in [0.29, 0.717) is 34.9 Å². The van der Waals surface area contributed by atoms with Gasteiger partial charge in [0.1, 0.15) is 11.3 Å². The van der Waals surface area contributed by atoms with Crippen molar-refractivity contribution in [3.8, 4) is 11.3 Å². The lowest BCUT2D eigenvalue weighted by molar-refractivity contribution is -0.118. The minimum absolute atomic E-state index is 0.112. The maximum absolute atomic E-state index is 13.0. The molecule has 1 amide bonds. The number of halogens is 1. The number of anilines is 1. The van der Waals surface area contributed by atoms with E-state index in [1.807, 2.05) is 24.3 Å². The van der Waals surface area contributed by atoms with Crippen LogP contribution in [0.2, 0.25) is 5.02 Å². The van der Waals surface area contributed by atoms with Gasteiger partial charge in [-0.3, -0.25) is 4.79 Å². The zero-order valence-corrected chi connectivity index (χ0v) is 15.9. The third kappa shape index (κ3) is 3.11. The van der Waals surface area contributed by atoms with Gasteiger partial charge >= 0.3 is 5.63 Å². The Kier molecular flexibility index (Phi) is 4.03. The number of rotatable bonds is 4. The largest absolute Gasteiger partial charge is 0.421 e. The lowest BCUT2D eigenvalue weighted by Crippen LogP contribution is -2.30. The molecule has 2 aromatic heterocycles. The van der Waals surface area contributed by atoms with Crippen LogP contribution < -0.4 is 10.9 Å². The van der Waals surface area contributed by atoms with Crippen LogP contribution in [0.5, 0.6) is 0 Å². The molecule has 7 heteroatoms. The number of hydrogen-bond acceptors (Lipinski definition) is 5. The second-order valence-electron chi connectivity index (χ2n) is 7.10. The van der Waals surface area contributed by atoms with E-state index in [2.05, 4.69) is 10.5 Å². The Morgan fingerprint density at radius 2 is 1.83 bits per heavy atom. The number of nitrogens with zero attached hydrogens (tertiary/aromatic N) is 1. The normalized spacial score (nSPS) is 14.7. The molecule has 0 aliphatic heterocycles. The Hall–Kier alpha value is -3.38. The predicted octanol–water partition coefficient (Wildman–Crippen LogP) is 4.77. The van der Waals surface area contributed by atoms with Crippen LogP contribution in [-0.4, -0.2) is 11.1 Å². The summed E-state index contributed by atoms with van der Waals surface area (Å²) < 4.78 is 10.7. The first kappa shape index (κ1) is 17.7. The van der Waals surface area contributed by atoms with Gasteiger partial charge in [-0.05, 0) is 49.2 Å². The van der Waals surface area contributed by atoms with Crippen LogP contribution in [0.3, 0.4) is 0 Å². The Morgan fingerprint density at radius 1 is 1.07 bits per heavy atom. The number of fused-ring (bicyclic) bond motifs is 1. The lowest BCUT2D eigenvalue weighted by atomic mass is 10.00. The van der Waals surface area contributed by atoms with Crippen LogP contribution in [0.25, 0.3) is 22.3 Å². The van der Waals surface area contributed by atoms with Gasteiger partial charge in [0.15, 0.2) is 5.76 Å². The van der Waals surface area contributed by atoms with E-state index < -0.39 is 11.0 Å². The molecule has 6 nitrogen and oxygen atoms in total. The van der Waals surface area contributed by atoms with E-state index in [9.17, 15) is 9.59 Å². The van der Waals surface area contributed by atoms with Gasteiger partial charge in [0.2, 0.25) is 5.91 Å². The van der Waals surface area contributed by atoms with Crippen molar-refractivity contribution in [2.24, 2.45) is 0 Å². The molecule has 0 radical (unpaired) electrons. The summed E-state index contributed by atoms with van der Waals surface area (Å²) in [7, 11) is 0. The summed E-state index contributed by atoms with van der Waals surface area (Å²) in [6, 6.07) is 17.7. The molecule has 5 rings (SSSR count). The average Bonchev–Trinajstić information content (AvgIpc) is 3.39. The van der Waals surface area contributed by atoms with Crippen molar-refractivity contribution < 1.29 is 13.7 Å². The van der Waals surface area contributed by atoms with E-state index in [4.69, 9.17) is 20.5 Å². The first-order valence-corrected chi connectivity index (χ1v) is 9.50. The lowest BCUT2D eigenvalue weighted by Gasteiger charge is -2.12. The maximum Gasteiger partial charge on any atom is 0.360 e. The highest BCUT2D eigenvalue weighted by atomic mass is 35.5. The summed E-state index contributed by atoms with van der Waals surface area (Å²) in [4.78, 5) is 25.2. The van der Waals surface area contributed by atoms with Gasteiger partial charge in [-0.2, -0.15) is 0 Å². The number of amides is 1. The standard InChI is InChI=1S/C22H15ClN2O4/c23-15-7-5-13(6-8-15)18-12-19(25-29-18)22(9-10-22)21(27)24-16-11-14-3-1-2-4-17(14)28-20(16)26/h1-8,11-12H,9-10H2,(H,24,27). The molecule has 0 atom stereocenters. The summed E-state index contributed by atoms with van der Waals surface area (Å²) in [6.45, 7) is 0. The number of para-hydroxylation sites is 1. The Morgan fingerprint density at radius 3 is 2.59 bits per heavy atom. The summed E-state index contributed by atoms with van der Waals surface area (Å²) >= 11 is 5.92. The molecule has 0 unspecified atom stereocenters. The zero-order valence-electron chi connectivity index (χ0n) is 15.1. The number of carbonyl (C=O) groups is 1. The molecule has 1 aliphatic rings. The minimum Gasteiger partial charge on any atom is -0.421 e. The second-order valence-corrected chi connectivity index (χ2v) is 7.54. The monoisotopic (exact) mass is 406 g/mol. The fourth-order valence-electron chi connectivity index (χ4n) is 3.37. The van der Waals surface area contributed by atoms with Crippen molar-refractivity contribution >= 4 is 34.2 Å². The van der Waals surface area contributed by atoms with E-state index in [1.54, 1.807) is 36.4 Å². The van der Waals surface area contributed by atoms with Crippen LogP contribution >= 0.6 is 11.6 Å². The third-order valence-corrected chi connectivity index (χ3v) is 5.46. The summed E-state index contributed by atoms with van der Waals surface area (Å²) in [5, 5.41) is 8.19. The molecule has 1 saturated carbocycles. The molecular formula is C22H15ClN2O4. The van der Waals surface area contributed by atoms with Crippen molar-refractivity contribution in [2.75, 3.05) is 5.32 Å². The van der Waals surface area contributed by atoms with E-state index in [0.717, 1.165) is 10.9 Å². The van der Waals surface area contributed by atoms with Crippen molar-refractivity contribution in [1.82, 2.24) is 5.16 Å². The van der Waals surface area contributed by atoms with E-state index in [1.165, 1.54) is 0 Å². The summed E-state index contributed by atoms with van der Waals surface area (Å²) in [6.07, 6.45) is 1.26. The topological polar surface area (TPSA) is 85.3 Å². The van der Waals surface area contributed by atoms with Crippen molar-refractivity contribution in [3.63, 3.8) is 0 Å². The molecule has 0 spiro atoms. The van der Waals surface area contributed by atoms with Crippen LogP contribution in [0.4, 0.5) is 5.69 Å². The van der Waals surface area contributed by atoms with Crippen LogP contribution in [0, 0.1) is 0 Å². The Labute approximate surface area is 170 Å². The van der Waals surface area contributed by atoms with Gasteiger partial charge in [0.05, 0.1) is 11.1 Å². The molecule has 0 saturated heterocycles. The fraction of sp³-hybridized carbons (Fsp3) is 0.136. The SMILES string of the molecule is O=C(Nc1cc2ccccc2oc1=O)C1(c2cc(-c3ccc(Cl)cc3)on2)CC1. The van der Waals surface area contributed by atoms with E-state index in [-0.39, 0.29) is 11.6 Å². The smallest absolute Gasteiger partial charge is 0.360 e. The molecule has 0 bridgehead atoms. The van der Waals surface area contributed by atoms with Crippen molar-refractivity contribution in [2.45, 2.75) is 18.3 Å². The van der Waals surface area contributed by atoms with E-state index >= 15 is 0 Å². The number of aromatic nitrogens is 1. The van der Waals surface area contributed by atoms with Gasteiger partial charge in [-0.15, -0.1) is 0 Å². The number of hydrogen-bond donors (Lipinski definition) is 1. The zero-order chi connectivity index (χ0) is 20.0. The molecule has 2 heterocycles. The molecule has 1 N–H and O–H groups in total. The molecule has 2 aromatic carbocycles. The summed E-state index contributed by atoms with van der Waals surface area (Å²) in [5.41, 5.74) is 0.563. The van der Waals surface area contributed by atoms with Crippen molar-refractivity contribution in [1.29, 1.82) is 0 Å². The minimum atomic E-state index is -0.799. The first-order valence-electron chi connectivity index (χ1n) is 9.13. The predicted molar refractivity (Wildman–Crippen MR) is 109 cm³/mol. The van der Waals surface area contributed by atoms with Gasteiger partial charge < -0.3 is 14.3 Å². The molecule has 144 valence electrons. The van der Waals surface area contributed by atoms with Gasteiger partial charge in [-0.25, -0.2) is 4.79 Å². The average molecular weight is 407 g/mol. The molecule has 4 aromatic rings. The fourth-order valence-corrected chi connectivity index (χ4v) is 3.49. The molecular weight excluding hydrogens is 392 g/mol. The molecule has 29 heavy (non-hydrogen) atoms. The molecule has 1 fully saturated rings. The van der Waals surface area contributed by atoms with Crippen LogP contribution in [0.15, 0.2) is 74.4 Å². The number of carbonyl (C=O) groups excluding carboxylic acids is 1. The van der Waals surface area contributed by atoms with Gasteiger partial charge in [-0.1, -0.05) is 35.0 Å². The second kappa shape index (κ2) is 6.60. The molecule has 1 aliphatic carbocycles. The van der Waals surface area contributed by atoms with Crippen LogP contribution in [0.1, 0.15) is 18.5 Å². The first-order chi connectivity index (χ1) is 14.0. The quantitative estimate of drug-likeness (QED) is 0.493. The Bertz CT molecular complexity index is 1290. The highest BCUT2D eigenvalue weighted by molar-refractivity contribution is 6.30. The summed E-state index contributed by atoms with van der Waals surface area (Å²) in [5.74, 6) is 0.261. The number of benzene rings is 2. The van der Waals surface area contributed by atoms with Gasteiger partial charge in [0.25, 0.3) is 0 Å². The highest BCUT2D eigenvalue weighted by Crippen LogP contribution is 2.49. The highest BCUT2D eigenvalue weighted by Gasteiger charge is 2.54. The van der Waals surface area contributed by atoms with Crippen LogP contribution in [-0.2, 0) is 10.2 Å². The van der Waals surface area contributed by atoms with Crippen molar-refractivity contribution in [3.05, 3.63) is 81.8 Å². The third-order valence-electron chi connectivity index (χ3n) is 5.20. The number of nitrogens with one attached hydrogen (secondary N) is 1. The Balaban J connectivity index is 1.42. The maximum atomic E-state index is 13.0.